The van der Waals surface area contributed by atoms with E-state index in [9.17, 15) is 18.8 Å². The van der Waals surface area contributed by atoms with Crippen molar-refractivity contribution in [3.8, 4) is 5.69 Å². The molecule has 2 aliphatic rings. The van der Waals surface area contributed by atoms with Crippen molar-refractivity contribution in [1.29, 1.82) is 0 Å². The van der Waals surface area contributed by atoms with Crippen LogP contribution >= 0.6 is 0 Å². The molecule has 0 spiro atoms. The monoisotopic (exact) mass is 407 g/mol. The molecule has 152 valence electrons. The Balaban J connectivity index is 1.50. The van der Waals surface area contributed by atoms with Crippen LogP contribution in [0.25, 0.3) is 16.6 Å². The van der Waals surface area contributed by atoms with Crippen molar-refractivity contribution in [2.45, 2.75) is 19.4 Å². The number of carboxylic acids is 1. The molecular formula is C22H18FN3O4. The summed E-state index contributed by atoms with van der Waals surface area (Å²) in [6, 6.07) is 9.12. The maximum atomic E-state index is 13.6. The minimum Gasteiger partial charge on any atom is -0.481 e. The Labute approximate surface area is 170 Å². The summed E-state index contributed by atoms with van der Waals surface area (Å²) >= 11 is 0. The Morgan fingerprint density at radius 2 is 1.90 bits per heavy atom. The van der Waals surface area contributed by atoms with Crippen molar-refractivity contribution >= 4 is 22.7 Å². The van der Waals surface area contributed by atoms with E-state index in [2.05, 4.69) is 9.88 Å². The number of benzene rings is 2. The van der Waals surface area contributed by atoms with Gasteiger partial charge in [0.2, 0.25) is 5.78 Å². The molecule has 1 saturated heterocycles. The molecule has 7 nitrogen and oxygen atoms in total. The lowest BCUT2D eigenvalue weighted by atomic mass is 9.97. The standard InChI is InChI=1S/C22H18FN3O4/c23-14-2-4-18-16(10-14)19(27)20-24-17-3-1-12(9-15(17)21(28)26(18)20)11-25-7-5-13(6-8-25)22(29)30/h1-4,9-10,13H,5-8,11H2,(H,29,30). The first-order valence-corrected chi connectivity index (χ1v) is 9.78. The number of hydrogen-bond donors (Lipinski definition) is 1. The van der Waals surface area contributed by atoms with Gasteiger partial charge >= 0.3 is 5.97 Å². The molecule has 2 aromatic carbocycles. The van der Waals surface area contributed by atoms with E-state index in [1.165, 1.54) is 16.7 Å². The highest BCUT2D eigenvalue weighted by Gasteiger charge is 2.31. The Bertz CT molecular complexity index is 1280. The average molecular weight is 407 g/mol. The maximum Gasteiger partial charge on any atom is 0.306 e. The first-order chi connectivity index (χ1) is 14.4. The van der Waals surface area contributed by atoms with Gasteiger partial charge in [0.1, 0.15) is 5.82 Å². The topological polar surface area (TPSA) is 92.5 Å². The van der Waals surface area contributed by atoms with E-state index in [4.69, 9.17) is 5.11 Å². The largest absolute Gasteiger partial charge is 0.481 e. The Morgan fingerprint density at radius 3 is 2.63 bits per heavy atom. The van der Waals surface area contributed by atoms with Gasteiger partial charge in [0.05, 0.1) is 28.1 Å². The van der Waals surface area contributed by atoms with Crippen LogP contribution in [0.2, 0.25) is 0 Å². The second-order valence-corrected chi connectivity index (χ2v) is 7.81. The number of carbonyl (C=O) groups is 2. The second-order valence-electron chi connectivity index (χ2n) is 7.81. The Kier molecular flexibility index (Phi) is 4.25. The molecule has 1 fully saturated rings. The third-order valence-electron chi connectivity index (χ3n) is 5.92. The number of hydrogen-bond acceptors (Lipinski definition) is 5. The smallest absolute Gasteiger partial charge is 0.306 e. The first-order valence-electron chi connectivity index (χ1n) is 9.78. The van der Waals surface area contributed by atoms with E-state index in [-0.39, 0.29) is 22.9 Å². The van der Waals surface area contributed by atoms with Gasteiger partial charge in [-0.3, -0.25) is 23.9 Å². The molecular weight excluding hydrogens is 389 g/mol. The molecule has 0 aliphatic carbocycles. The van der Waals surface area contributed by atoms with Crippen LogP contribution in [0.1, 0.15) is 34.6 Å². The van der Waals surface area contributed by atoms with E-state index in [0.29, 0.717) is 49.1 Å². The molecule has 1 N–H and O–H groups in total. The number of ketones is 1. The molecule has 3 aromatic rings. The summed E-state index contributed by atoms with van der Waals surface area (Å²) in [4.78, 5) is 43.4. The van der Waals surface area contributed by atoms with E-state index in [1.807, 2.05) is 6.07 Å². The summed E-state index contributed by atoms with van der Waals surface area (Å²) in [5, 5.41) is 9.53. The third kappa shape index (κ3) is 2.91. The normalized spacial score (nSPS) is 16.6. The zero-order chi connectivity index (χ0) is 21.0. The van der Waals surface area contributed by atoms with Crippen LogP contribution in [-0.4, -0.2) is 44.4 Å². The zero-order valence-corrected chi connectivity index (χ0v) is 16.0. The molecule has 0 saturated carbocycles. The number of carboxylic acid groups (broad SMARTS) is 1. The summed E-state index contributed by atoms with van der Waals surface area (Å²) < 4.78 is 14.8. The SMILES string of the molecule is O=C1c2cc(F)ccc2-n2c1nc1ccc(CN3CCC(C(=O)O)CC3)cc1c2=O. The van der Waals surface area contributed by atoms with Crippen LogP contribution < -0.4 is 5.56 Å². The van der Waals surface area contributed by atoms with Gasteiger partial charge in [-0.05, 0) is 61.8 Å². The molecule has 8 heteroatoms. The van der Waals surface area contributed by atoms with E-state index < -0.39 is 17.6 Å². The van der Waals surface area contributed by atoms with Gasteiger partial charge in [0.25, 0.3) is 5.56 Å². The number of rotatable bonds is 3. The summed E-state index contributed by atoms with van der Waals surface area (Å²) in [7, 11) is 0. The Morgan fingerprint density at radius 1 is 1.13 bits per heavy atom. The molecule has 0 unspecified atom stereocenters. The molecule has 30 heavy (non-hydrogen) atoms. The number of halogens is 1. The van der Waals surface area contributed by atoms with Crippen LogP contribution in [0.15, 0.2) is 41.2 Å². The van der Waals surface area contributed by atoms with Gasteiger partial charge in [0, 0.05) is 6.54 Å². The molecule has 0 atom stereocenters. The fourth-order valence-electron chi connectivity index (χ4n) is 4.31. The molecule has 3 heterocycles. The maximum absolute atomic E-state index is 13.6. The lowest BCUT2D eigenvalue weighted by molar-refractivity contribution is -0.143. The predicted octanol–water partition coefficient (Wildman–Crippen LogP) is 2.37. The Hall–Kier alpha value is -3.39. The van der Waals surface area contributed by atoms with Crippen molar-refractivity contribution in [1.82, 2.24) is 14.5 Å². The van der Waals surface area contributed by atoms with Crippen molar-refractivity contribution in [2.75, 3.05) is 13.1 Å². The van der Waals surface area contributed by atoms with E-state index in [0.717, 1.165) is 11.6 Å². The number of aliphatic carboxylic acids is 1. The van der Waals surface area contributed by atoms with Gasteiger partial charge in [-0.15, -0.1) is 0 Å². The number of aromatic nitrogens is 2. The summed E-state index contributed by atoms with van der Waals surface area (Å²) in [5.74, 6) is -2.05. The molecule has 0 bridgehead atoms. The summed E-state index contributed by atoms with van der Waals surface area (Å²) in [6.07, 6.45) is 1.21. The first kappa shape index (κ1) is 18.6. The van der Waals surface area contributed by atoms with Gasteiger partial charge in [0.15, 0.2) is 5.82 Å². The molecule has 2 aliphatic heterocycles. The predicted molar refractivity (Wildman–Crippen MR) is 106 cm³/mol. The van der Waals surface area contributed by atoms with Crippen molar-refractivity contribution in [3.63, 3.8) is 0 Å². The van der Waals surface area contributed by atoms with Gasteiger partial charge < -0.3 is 5.11 Å². The lowest BCUT2D eigenvalue weighted by Crippen LogP contribution is -2.35. The van der Waals surface area contributed by atoms with Crippen LogP contribution in [-0.2, 0) is 11.3 Å². The molecule has 0 radical (unpaired) electrons. The number of likely N-dealkylation sites (tertiary alicyclic amines) is 1. The van der Waals surface area contributed by atoms with Crippen molar-refractivity contribution < 1.29 is 19.1 Å². The van der Waals surface area contributed by atoms with Crippen LogP contribution in [0, 0.1) is 11.7 Å². The highest BCUT2D eigenvalue weighted by molar-refractivity contribution is 6.13. The summed E-state index contributed by atoms with van der Waals surface area (Å²) in [5.41, 5.74) is 1.45. The minimum absolute atomic E-state index is 0.00315. The third-order valence-corrected chi connectivity index (χ3v) is 5.92. The zero-order valence-electron chi connectivity index (χ0n) is 16.0. The fourth-order valence-corrected chi connectivity index (χ4v) is 4.31. The van der Waals surface area contributed by atoms with Crippen molar-refractivity contribution in [2.24, 2.45) is 5.92 Å². The number of piperidine rings is 1. The number of nitrogens with zero attached hydrogens (tertiary/aromatic N) is 3. The number of carbonyl (C=O) groups excluding carboxylic acids is 1. The summed E-state index contributed by atoms with van der Waals surface area (Å²) in [6.45, 7) is 1.97. The van der Waals surface area contributed by atoms with E-state index >= 15 is 0 Å². The molecule has 5 rings (SSSR count). The van der Waals surface area contributed by atoms with Crippen LogP contribution in [0.5, 0.6) is 0 Å². The van der Waals surface area contributed by atoms with Crippen molar-refractivity contribution in [3.05, 3.63) is 69.5 Å². The lowest BCUT2D eigenvalue weighted by Gasteiger charge is -2.30. The highest BCUT2D eigenvalue weighted by atomic mass is 19.1. The molecule has 0 amide bonds. The molecule has 1 aromatic heterocycles. The van der Waals surface area contributed by atoms with Crippen LogP contribution in [0.4, 0.5) is 4.39 Å². The van der Waals surface area contributed by atoms with Gasteiger partial charge in [-0.1, -0.05) is 6.07 Å². The quantitative estimate of drug-likeness (QED) is 0.561. The van der Waals surface area contributed by atoms with E-state index in [1.54, 1.807) is 12.1 Å². The highest BCUT2D eigenvalue weighted by Crippen LogP contribution is 2.27. The van der Waals surface area contributed by atoms with Gasteiger partial charge in [-0.2, -0.15) is 0 Å². The average Bonchev–Trinajstić information content (AvgIpc) is 3.01. The van der Waals surface area contributed by atoms with Crippen LogP contribution in [0.3, 0.4) is 0 Å². The minimum atomic E-state index is -0.747. The fraction of sp³-hybridized carbons (Fsp3) is 0.273. The second kappa shape index (κ2) is 6.84. The van der Waals surface area contributed by atoms with Gasteiger partial charge in [-0.25, -0.2) is 9.37 Å². The number of fused-ring (bicyclic) bond motifs is 4.